The molecule has 1 atom stereocenters. The average Bonchev–Trinajstić information content (AvgIpc) is 3.14. The molecule has 100 valence electrons. The van der Waals surface area contributed by atoms with Crippen molar-refractivity contribution in [2.45, 2.75) is 45.1 Å². The Morgan fingerprint density at radius 2 is 2.22 bits per heavy atom. The lowest BCUT2D eigenvalue weighted by atomic mass is 10.0. The van der Waals surface area contributed by atoms with Crippen molar-refractivity contribution in [3.8, 4) is 0 Å². The first-order valence-electron chi connectivity index (χ1n) is 6.86. The van der Waals surface area contributed by atoms with E-state index in [9.17, 15) is 4.39 Å². The van der Waals surface area contributed by atoms with Crippen LogP contribution in [0.3, 0.4) is 0 Å². The van der Waals surface area contributed by atoms with E-state index >= 15 is 0 Å². The fourth-order valence-corrected chi connectivity index (χ4v) is 2.50. The van der Waals surface area contributed by atoms with Gasteiger partial charge in [-0.15, -0.1) is 0 Å². The van der Waals surface area contributed by atoms with Gasteiger partial charge in [0.05, 0.1) is 0 Å². The number of rotatable bonds is 7. The molecule has 1 aromatic carbocycles. The Morgan fingerprint density at radius 3 is 2.89 bits per heavy atom. The zero-order valence-electron chi connectivity index (χ0n) is 10.9. The van der Waals surface area contributed by atoms with Crippen molar-refractivity contribution in [2.75, 3.05) is 6.54 Å². The van der Waals surface area contributed by atoms with E-state index in [1.165, 1.54) is 18.9 Å². The molecule has 1 N–H and O–H groups in total. The number of nitrogens with one attached hydrogen (secondary N) is 1. The van der Waals surface area contributed by atoms with Gasteiger partial charge in [0.15, 0.2) is 0 Å². The first kappa shape index (κ1) is 13.8. The number of hydrogen-bond acceptors (Lipinski definition) is 1. The lowest BCUT2D eigenvalue weighted by Crippen LogP contribution is -2.32. The van der Waals surface area contributed by atoms with Crippen molar-refractivity contribution < 1.29 is 4.39 Å². The highest BCUT2D eigenvalue weighted by molar-refractivity contribution is 6.30. The predicted molar refractivity (Wildman–Crippen MR) is 74.5 cm³/mol. The van der Waals surface area contributed by atoms with Crippen LogP contribution in [0, 0.1) is 11.7 Å². The summed E-state index contributed by atoms with van der Waals surface area (Å²) in [7, 11) is 0. The van der Waals surface area contributed by atoms with Crippen molar-refractivity contribution in [1.82, 2.24) is 5.32 Å². The van der Waals surface area contributed by atoms with Gasteiger partial charge < -0.3 is 5.32 Å². The van der Waals surface area contributed by atoms with E-state index in [1.54, 1.807) is 12.1 Å². The monoisotopic (exact) mass is 269 g/mol. The Kier molecular flexibility index (Phi) is 5.02. The van der Waals surface area contributed by atoms with Crippen LogP contribution in [0.25, 0.3) is 0 Å². The van der Waals surface area contributed by atoms with Crippen LogP contribution in [0.5, 0.6) is 0 Å². The summed E-state index contributed by atoms with van der Waals surface area (Å²) in [5.74, 6) is 0.708. The van der Waals surface area contributed by atoms with Crippen molar-refractivity contribution in [1.29, 1.82) is 0 Å². The second kappa shape index (κ2) is 6.53. The van der Waals surface area contributed by atoms with Crippen LogP contribution in [-0.2, 0) is 6.42 Å². The van der Waals surface area contributed by atoms with Crippen LogP contribution in [0.4, 0.5) is 4.39 Å². The quantitative estimate of drug-likeness (QED) is 0.783. The van der Waals surface area contributed by atoms with E-state index in [1.807, 2.05) is 0 Å². The van der Waals surface area contributed by atoms with E-state index < -0.39 is 0 Å². The summed E-state index contributed by atoms with van der Waals surface area (Å²) in [5, 5.41) is 4.14. The van der Waals surface area contributed by atoms with Gasteiger partial charge in [-0.25, -0.2) is 4.39 Å². The van der Waals surface area contributed by atoms with Crippen molar-refractivity contribution in [2.24, 2.45) is 5.92 Å². The van der Waals surface area contributed by atoms with Gasteiger partial charge in [-0.2, -0.15) is 0 Å². The largest absolute Gasteiger partial charge is 0.314 e. The zero-order valence-corrected chi connectivity index (χ0v) is 11.6. The highest BCUT2D eigenvalue weighted by Crippen LogP contribution is 2.34. The maximum atomic E-state index is 13.7. The van der Waals surface area contributed by atoms with Crippen LogP contribution >= 0.6 is 11.6 Å². The van der Waals surface area contributed by atoms with Crippen LogP contribution in [-0.4, -0.2) is 12.6 Å². The third kappa shape index (κ3) is 4.25. The van der Waals surface area contributed by atoms with Gasteiger partial charge in [-0.3, -0.25) is 0 Å². The maximum Gasteiger partial charge on any atom is 0.126 e. The Hall–Kier alpha value is -0.600. The lowest BCUT2D eigenvalue weighted by molar-refractivity contribution is 0.447. The molecule has 1 aliphatic carbocycles. The van der Waals surface area contributed by atoms with Gasteiger partial charge in [0.1, 0.15) is 5.82 Å². The molecule has 1 aromatic rings. The second-order valence-electron chi connectivity index (χ2n) is 5.27. The third-order valence-corrected chi connectivity index (χ3v) is 3.71. The van der Waals surface area contributed by atoms with E-state index in [0.717, 1.165) is 37.3 Å². The van der Waals surface area contributed by atoms with E-state index in [0.29, 0.717) is 11.1 Å². The zero-order chi connectivity index (χ0) is 13.0. The Morgan fingerprint density at radius 1 is 1.44 bits per heavy atom. The molecule has 1 nitrogen and oxygen atoms in total. The first-order chi connectivity index (χ1) is 8.69. The summed E-state index contributed by atoms with van der Waals surface area (Å²) in [6, 6.07) is 5.21. The molecular formula is C15H21ClFN. The smallest absolute Gasteiger partial charge is 0.126 e. The van der Waals surface area contributed by atoms with Crippen molar-refractivity contribution >= 4 is 11.6 Å². The van der Waals surface area contributed by atoms with Gasteiger partial charge in [0, 0.05) is 11.1 Å². The van der Waals surface area contributed by atoms with Gasteiger partial charge in [-0.05, 0) is 55.5 Å². The topological polar surface area (TPSA) is 12.0 Å². The molecule has 0 aliphatic heterocycles. The summed E-state index contributed by atoms with van der Waals surface area (Å²) >= 11 is 5.94. The minimum atomic E-state index is -0.140. The molecule has 0 saturated heterocycles. The third-order valence-electron chi connectivity index (χ3n) is 3.47. The predicted octanol–water partition coefficient (Wildman–Crippen LogP) is 4.19. The number of hydrogen-bond donors (Lipinski definition) is 1. The molecule has 0 aromatic heterocycles. The van der Waals surface area contributed by atoms with E-state index in [2.05, 4.69) is 12.2 Å². The molecular weight excluding hydrogens is 249 g/mol. The summed E-state index contributed by atoms with van der Waals surface area (Å²) in [6.07, 6.45) is 5.68. The van der Waals surface area contributed by atoms with Gasteiger partial charge in [0.2, 0.25) is 0 Å². The molecule has 0 bridgehead atoms. The highest BCUT2D eigenvalue weighted by atomic mass is 35.5. The van der Waals surface area contributed by atoms with Gasteiger partial charge in [-0.1, -0.05) is 31.4 Å². The second-order valence-corrected chi connectivity index (χ2v) is 5.71. The minimum Gasteiger partial charge on any atom is -0.314 e. The lowest BCUT2D eigenvalue weighted by Gasteiger charge is -2.19. The molecule has 0 amide bonds. The number of benzene rings is 1. The molecule has 0 heterocycles. The number of halogens is 2. The molecule has 1 fully saturated rings. The van der Waals surface area contributed by atoms with E-state index in [-0.39, 0.29) is 5.82 Å². The Balaban J connectivity index is 1.98. The molecule has 0 spiro atoms. The molecule has 1 aliphatic rings. The molecule has 18 heavy (non-hydrogen) atoms. The SMILES string of the molecule is CCCNC(Cc1cc(Cl)ccc1F)CC1CC1. The molecule has 1 unspecified atom stereocenters. The first-order valence-corrected chi connectivity index (χ1v) is 7.24. The van der Waals surface area contributed by atoms with Crippen molar-refractivity contribution in [3.05, 3.63) is 34.6 Å². The van der Waals surface area contributed by atoms with Crippen LogP contribution in [0.1, 0.15) is 38.2 Å². The normalized spacial score (nSPS) is 16.8. The Labute approximate surface area is 114 Å². The molecule has 2 rings (SSSR count). The average molecular weight is 270 g/mol. The Bertz CT molecular complexity index is 390. The van der Waals surface area contributed by atoms with Crippen LogP contribution < -0.4 is 5.32 Å². The standard InChI is InChI=1S/C15H21ClFN/c1-2-7-18-14(8-11-3-4-11)10-12-9-13(16)5-6-15(12)17/h5-6,9,11,14,18H,2-4,7-8,10H2,1H3. The molecule has 1 saturated carbocycles. The van der Waals surface area contributed by atoms with Crippen LogP contribution in [0.2, 0.25) is 5.02 Å². The van der Waals surface area contributed by atoms with E-state index in [4.69, 9.17) is 11.6 Å². The fraction of sp³-hybridized carbons (Fsp3) is 0.600. The summed E-state index contributed by atoms with van der Waals surface area (Å²) < 4.78 is 13.7. The molecule has 0 radical (unpaired) electrons. The minimum absolute atomic E-state index is 0.140. The summed E-state index contributed by atoms with van der Waals surface area (Å²) in [5.41, 5.74) is 0.733. The van der Waals surface area contributed by atoms with Crippen molar-refractivity contribution in [3.63, 3.8) is 0 Å². The van der Waals surface area contributed by atoms with Gasteiger partial charge in [0.25, 0.3) is 0 Å². The summed E-state index contributed by atoms with van der Waals surface area (Å²) in [6.45, 7) is 3.15. The van der Waals surface area contributed by atoms with Crippen LogP contribution in [0.15, 0.2) is 18.2 Å². The summed E-state index contributed by atoms with van der Waals surface area (Å²) in [4.78, 5) is 0. The highest BCUT2D eigenvalue weighted by Gasteiger charge is 2.25. The maximum absolute atomic E-state index is 13.7. The van der Waals surface area contributed by atoms with Gasteiger partial charge >= 0.3 is 0 Å². The molecule has 3 heteroatoms. The fourth-order valence-electron chi connectivity index (χ4n) is 2.31.